The summed E-state index contributed by atoms with van der Waals surface area (Å²) in [5.74, 6) is 0.528. The predicted octanol–water partition coefficient (Wildman–Crippen LogP) is 2.68. The molecule has 1 aromatic heterocycles. The molecule has 2 aromatic rings. The van der Waals surface area contributed by atoms with Gasteiger partial charge >= 0.3 is 0 Å². The minimum absolute atomic E-state index is 0.00189. The first-order chi connectivity index (χ1) is 10.6. The van der Waals surface area contributed by atoms with E-state index in [-0.39, 0.29) is 11.9 Å². The number of hydrogen-bond donors (Lipinski definition) is 2. The second kappa shape index (κ2) is 8.34. The Morgan fingerprint density at radius 3 is 2.77 bits per heavy atom. The monoisotopic (exact) mass is 318 g/mol. The Balaban J connectivity index is 1.70. The number of nitrogens with one attached hydrogen (secondary N) is 2. The third kappa shape index (κ3) is 5.69. The molecule has 1 aromatic carbocycles. The van der Waals surface area contributed by atoms with E-state index >= 15 is 0 Å². The number of hydrogen-bond acceptors (Lipinski definition) is 4. The molecule has 0 saturated carbocycles. The van der Waals surface area contributed by atoms with Crippen LogP contribution >= 0.6 is 11.6 Å². The number of rotatable bonds is 7. The van der Waals surface area contributed by atoms with Crippen molar-refractivity contribution in [3.8, 4) is 0 Å². The highest BCUT2D eigenvalue weighted by molar-refractivity contribution is 6.30. The van der Waals surface area contributed by atoms with E-state index < -0.39 is 0 Å². The molecule has 1 atom stereocenters. The SMILES string of the molecule is C[C@H](Cc1cccc(Cl)c1)NC(=O)CCNc1ncccn1. The molecule has 2 N–H and O–H groups in total. The van der Waals surface area contributed by atoms with E-state index in [1.54, 1.807) is 18.5 Å². The summed E-state index contributed by atoms with van der Waals surface area (Å²) in [5, 5.41) is 6.69. The van der Waals surface area contributed by atoms with Gasteiger partial charge in [0.05, 0.1) is 0 Å². The van der Waals surface area contributed by atoms with Gasteiger partial charge in [-0.25, -0.2) is 9.97 Å². The lowest BCUT2D eigenvalue weighted by molar-refractivity contribution is -0.121. The average molecular weight is 319 g/mol. The fraction of sp³-hybridized carbons (Fsp3) is 0.312. The molecule has 0 bridgehead atoms. The lowest BCUT2D eigenvalue weighted by atomic mass is 10.1. The fourth-order valence-electron chi connectivity index (χ4n) is 2.09. The molecule has 0 radical (unpaired) electrons. The molecule has 0 saturated heterocycles. The maximum Gasteiger partial charge on any atom is 0.222 e. The molecule has 1 heterocycles. The van der Waals surface area contributed by atoms with E-state index in [1.165, 1.54) is 0 Å². The van der Waals surface area contributed by atoms with Crippen molar-refractivity contribution in [3.05, 3.63) is 53.3 Å². The van der Waals surface area contributed by atoms with Gasteiger partial charge in [-0.2, -0.15) is 0 Å². The molecule has 2 rings (SSSR count). The summed E-state index contributed by atoms with van der Waals surface area (Å²) in [5.41, 5.74) is 1.11. The molecule has 0 fully saturated rings. The Morgan fingerprint density at radius 1 is 1.27 bits per heavy atom. The number of amides is 1. The van der Waals surface area contributed by atoms with Crippen molar-refractivity contribution in [3.63, 3.8) is 0 Å². The van der Waals surface area contributed by atoms with Gasteiger partial charge in [-0.05, 0) is 37.1 Å². The van der Waals surface area contributed by atoms with Crippen molar-refractivity contribution in [2.45, 2.75) is 25.8 Å². The van der Waals surface area contributed by atoms with Gasteiger partial charge in [-0.15, -0.1) is 0 Å². The van der Waals surface area contributed by atoms with Crippen LogP contribution in [0.4, 0.5) is 5.95 Å². The first-order valence-electron chi connectivity index (χ1n) is 7.18. The Labute approximate surface area is 135 Å². The lowest BCUT2D eigenvalue weighted by Crippen LogP contribution is -2.35. The van der Waals surface area contributed by atoms with Gasteiger partial charge in [0.1, 0.15) is 0 Å². The van der Waals surface area contributed by atoms with E-state index in [0.717, 1.165) is 12.0 Å². The smallest absolute Gasteiger partial charge is 0.222 e. The first kappa shape index (κ1) is 16.2. The average Bonchev–Trinajstić information content (AvgIpc) is 2.48. The summed E-state index contributed by atoms with van der Waals surface area (Å²) in [7, 11) is 0. The second-order valence-corrected chi connectivity index (χ2v) is 5.49. The number of anilines is 1. The fourth-order valence-corrected chi connectivity index (χ4v) is 2.31. The van der Waals surface area contributed by atoms with Crippen LogP contribution in [0.3, 0.4) is 0 Å². The number of aromatic nitrogens is 2. The molecule has 0 aliphatic rings. The topological polar surface area (TPSA) is 66.9 Å². The van der Waals surface area contributed by atoms with Crippen LogP contribution in [0.5, 0.6) is 0 Å². The number of benzene rings is 1. The molecule has 0 spiro atoms. The Kier molecular flexibility index (Phi) is 6.15. The van der Waals surface area contributed by atoms with Gasteiger partial charge in [0, 0.05) is 36.4 Å². The van der Waals surface area contributed by atoms with E-state index in [0.29, 0.717) is 23.9 Å². The van der Waals surface area contributed by atoms with Crippen molar-refractivity contribution in [1.82, 2.24) is 15.3 Å². The van der Waals surface area contributed by atoms with Crippen molar-refractivity contribution in [1.29, 1.82) is 0 Å². The minimum Gasteiger partial charge on any atom is -0.354 e. The van der Waals surface area contributed by atoms with Crippen LogP contribution < -0.4 is 10.6 Å². The second-order valence-electron chi connectivity index (χ2n) is 5.05. The van der Waals surface area contributed by atoms with E-state index in [2.05, 4.69) is 20.6 Å². The number of carbonyl (C=O) groups excluding carboxylic acids is 1. The van der Waals surface area contributed by atoms with Gasteiger partial charge in [0.15, 0.2) is 0 Å². The molecule has 1 amide bonds. The third-order valence-electron chi connectivity index (χ3n) is 3.04. The van der Waals surface area contributed by atoms with Gasteiger partial charge in [-0.3, -0.25) is 4.79 Å². The van der Waals surface area contributed by atoms with E-state index in [1.807, 2.05) is 31.2 Å². The predicted molar refractivity (Wildman–Crippen MR) is 87.9 cm³/mol. The standard InChI is InChI=1S/C16H19ClN4O/c1-12(10-13-4-2-5-14(17)11-13)21-15(22)6-9-20-16-18-7-3-8-19-16/h2-5,7-8,11-12H,6,9-10H2,1H3,(H,21,22)(H,18,19,20)/t12-/m1/s1. The maximum atomic E-state index is 11.9. The van der Waals surface area contributed by atoms with Crippen LogP contribution in [-0.2, 0) is 11.2 Å². The van der Waals surface area contributed by atoms with Gasteiger partial charge < -0.3 is 10.6 Å². The quantitative estimate of drug-likeness (QED) is 0.823. The number of nitrogens with zero attached hydrogens (tertiary/aromatic N) is 2. The highest BCUT2D eigenvalue weighted by Gasteiger charge is 2.08. The molecule has 6 heteroatoms. The molecule has 116 valence electrons. The number of carbonyl (C=O) groups is 1. The number of halogens is 1. The van der Waals surface area contributed by atoms with E-state index in [9.17, 15) is 4.79 Å². The lowest BCUT2D eigenvalue weighted by Gasteiger charge is -2.14. The molecule has 22 heavy (non-hydrogen) atoms. The molecule has 0 unspecified atom stereocenters. The highest BCUT2D eigenvalue weighted by Crippen LogP contribution is 2.12. The van der Waals surface area contributed by atoms with Crippen LogP contribution in [0, 0.1) is 0 Å². The summed E-state index contributed by atoms with van der Waals surface area (Å²) in [6.45, 7) is 2.48. The van der Waals surface area contributed by atoms with Crippen LogP contribution in [0.25, 0.3) is 0 Å². The van der Waals surface area contributed by atoms with Crippen LogP contribution in [0.2, 0.25) is 5.02 Å². The zero-order chi connectivity index (χ0) is 15.8. The van der Waals surface area contributed by atoms with Gasteiger partial charge in [0.2, 0.25) is 11.9 Å². The Bertz CT molecular complexity index is 606. The summed E-state index contributed by atoms with van der Waals surface area (Å²) in [6, 6.07) is 9.47. The van der Waals surface area contributed by atoms with Gasteiger partial charge in [0.25, 0.3) is 0 Å². The molecule has 0 aliphatic heterocycles. The molecule has 0 aliphatic carbocycles. The van der Waals surface area contributed by atoms with Crippen LogP contribution in [0.15, 0.2) is 42.7 Å². The van der Waals surface area contributed by atoms with Crippen molar-refractivity contribution >= 4 is 23.5 Å². The van der Waals surface area contributed by atoms with Gasteiger partial charge in [-0.1, -0.05) is 23.7 Å². The first-order valence-corrected chi connectivity index (χ1v) is 7.56. The minimum atomic E-state index is -0.00189. The van der Waals surface area contributed by atoms with E-state index in [4.69, 9.17) is 11.6 Å². The zero-order valence-corrected chi connectivity index (χ0v) is 13.2. The summed E-state index contributed by atoms with van der Waals surface area (Å²) in [6.07, 6.45) is 4.44. The van der Waals surface area contributed by atoms with Crippen molar-refractivity contribution in [2.75, 3.05) is 11.9 Å². The molecular weight excluding hydrogens is 300 g/mol. The zero-order valence-electron chi connectivity index (χ0n) is 12.4. The Hall–Kier alpha value is -2.14. The summed E-state index contributed by atoms with van der Waals surface area (Å²) in [4.78, 5) is 20.0. The van der Waals surface area contributed by atoms with Crippen LogP contribution in [-0.4, -0.2) is 28.5 Å². The largest absolute Gasteiger partial charge is 0.354 e. The Morgan fingerprint density at radius 2 is 2.05 bits per heavy atom. The summed E-state index contributed by atoms with van der Waals surface area (Å²) < 4.78 is 0. The normalized spacial score (nSPS) is 11.7. The summed E-state index contributed by atoms with van der Waals surface area (Å²) >= 11 is 5.95. The van der Waals surface area contributed by atoms with Crippen LogP contribution in [0.1, 0.15) is 18.9 Å². The maximum absolute atomic E-state index is 11.9. The molecular formula is C16H19ClN4O. The van der Waals surface area contributed by atoms with Crippen molar-refractivity contribution < 1.29 is 4.79 Å². The van der Waals surface area contributed by atoms with Crippen molar-refractivity contribution in [2.24, 2.45) is 0 Å². The highest BCUT2D eigenvalue weighted by atomic mass is 35.5. The third-order valence-corrected chi connectivity index (χ3v) is 3.27. The molecule has 5 nitrogen and oxygen atoms in total.